The Morgan fingerprint density at radius 3 is 2.47 bits per heavy atom. The number of hydrogen-bond donors (Lipinski definition) is 0. The minimum absolute atomic E-state index is 0.0450. The third-order valence-corrected chi connectivity index (χ3v) is 6.31. The van der Waals surface area contributed by atoms with Gasteiger partial charge in [0, 0.05) is 58.2 Å². The molecule has 2 amide bonds. The van der Waals surface area contributed by atoms with E-state index in [0.717, 1.165) is 11.3 Å². The van der Waals surface area contributed by atoms with Gasteiger partial charge in [-0.3, -0.25) is 14.3 Å². The van der Waals surface area contributed by atoms with E-state index in [9.17, 15) is 9.59 Å². The Labute approximate surface area is 200 Å². The largest absolute Gasteiger partial charge is 0.490 e. The molecule has 1 aliphatic rings. The highest BCUT2D eigenvalue weighted by Crippen LogP contribution is 2.27. The molecular formula is C27H32N4O3. The number of hydrogen-bond acceptors (Lipinski definition) is 4. The standard InChI is InChI=1S/C27H32N4O3/c1-3-31-20-23(17-28-31)27(33)30-15-14-25(34-24-12-8-5-9-13-24)22(19-30)16-26(32)29(2)18-21-10-6-4-7-11-21/h4-13,17,20,22,25H,3,14-16,18-19H2,1-2H3/t22-,25-/m0/s1. The second-order valence-electron chi connectivity index (χ2n) is 8.79. The van der Waals surface area contributed by atoms with Crippen LogP contribution in [0, 0.1) is 5.92 Å². The molecule has 0 unspecified atom stereocenters. The number of aryl methyl sites for hydroxylation is 1. The summed E-state index contributed by atoms with van der Waals surface area (Å²) in [7, 11) is 1.83. The fraction of sp³-hybridized carbons (Fsp3) is 0.370. The number of benzene rings is 2. The highest BCUT2D eigenvalue weighted by atomic mass is 16.5. The fourth-order valence-corrected chi connectivity index (χ4v) is 4.38. The lowest BCUT2D eigenvalue weighted by Gasteiger charge is -2.38. The molecule has 3 aromatic rings. The molecule has 1 aliphatic heterocycles. The van der Waals surface area contributed by atoms with Crippen LogP contribution in [0.4, 0.5) is 0 Å². The van der Waals surface area contributed by atoms with E-state index in [0.29, 0.717) is 44.6 Å². The van der Waals surface area contributed by atoms with Crippen LogP contribution in [0.3, 0.4) is 0 Å². The summed E-state index contributed by atoms with van der Waals surface area (Å²) in [5, 5.41) is 4.24. The Balaban J connectivity index is 1.46. The number of ether oxygens (including phenoxy) is 1. The Bertz CT molecular complexity index is 1080. The summed E-state index contributed by atoms with van der Waals surface area (Å²) in [5.41, 5.74) is 1.67. The van der Waals surface area contributed by atoms with Gasteiger partial charge in [0.25, 0.3) is 5.91 Å². The molecule has 0 spiro atoms. The number of para-hydroxylation sites is 1. The van der Waals surface area contributed by atoms with Crippen LogP contribution in [0.5, 0.6) is 5.75 Å². The van der Waals surface area contributed by atoms with E-state index >= 15 is 0 Å². The third-order valence-electron chi connectivity index (χ3n) is 6.31. The number of nitrogens with zero attached hydrogens (tertiary/aromatic N) is 4. The lowest BCUT2D eigenvalue weighted by atomic mass is 9.90. The maximum absolute atomic E-state index is 13.2. The van der Waals surface area contributed by atoms with Crippen LogP contribution in [0.2, 0.25) is 0 Å². The van der Waals surface area contributed by atoms with E-state index in [1.807, 2.05) is 79.5 Å². The van der Waals surface area contributed by atoms with Crippen molar-refractivity contribution in [3.05, 3.63) is 84.2 Å². The number of carbonyl (C=O) groups excluding carboxylic acids is 2. The van der Waals surface area contributed by atoms with Crippen LogP contribution in [0.15, 0.2) is 73.1 Å². The molecular weight excluding hydrogens is 428 g/mol. The molecule has 2 atom stereocenters. The van der Waals surface area contributed by atoms with E-state index in [1.165, 1.54) is 0 Å². The zero-order chi connectivity index (χ0) is 23.9. The highest BCUT2D eigenvalue weighted by Gasteiger charge is 2.35. The molecule has 178 valence electrons. The van der Waals surface area contributed by atoms with Crippen LogP contribution >= 0.6 is 0 Å². The van der Waals surface area contributed by atoms with Crippen LogP contribution in [-0.2, 0) is 17.9 Å². The summed E-state index contributed by atoms with van der Waals surface area (Å²) in [6.07, 6.45) is 4.25. The van der Waals surface area contributed by atoms with Gasteiger partial charge in [-0.25, -0.2) is 0 Å². The predicted molar refractivity (Wildman–Crippen MR) is 130 cm³/mol. The summed E-state index contributed by atoms with van der Waals surface area (Å²) in [5.74, 6) is 0.674. The summed E-state index contributed by atoms with van der Waals surface area (Å²) >= 11 is 0. The van der Waals surface area contributed by atoms with Gasteiger partial charge in [0.15, 0.2) is 0 Å². The van der Waals surface area contributed by atoms with E-state index in [4.69, 9.17) is 4.74 Å². The molecule has 1 fully saturated rings. The van der Waals surface area contributed by atoms with Gasteiger partial charge in [-0.15, -0.1) is 0 Å². The van der Waals surface area contributed by atoms with Crippen molar-refractivity contribution in [3.8, 4) is 5.75 Å². The maximum atomic E-state index is 13.2. The molecule has 0 N–H and O–H groups in total. The van der Waals surface area contributed by atoms with E-state index in [2.05, 4.69) is 5.10 Å². The van der Waals surface area contributed by atoms with Crippen molar-refractivity contribution in [1.29, 1.82) is 0 Å². The first-order valence-electron chi connectivity index (χ1n) is 11.8. The van der Waals surface area contributed by atoms with Crippen LogP contribution < -0.4 is 4.74 Å². The minimum Gasteiger partial charge on any atom is -0.490 e. The van der Waals surface area contributed by atoms with Crippen molar-refractivity contribution in [3.63, 3.8) is 0 Å². The van der Waals surface area contributed by atoms with Crippen molar-refractivity contribution in [2.45, 2.75) is 39.0 Å². The second-order valence-corrected chi connectivity index (χ2v) is 8.79. The van der Waals surface area contributed by atoms with E-state index in [-0.39, 0.29) is 23.8 Å². The van der Waals surface area contributed by atoms with Crippen molar-refractivity contribution < 1.29 is 14.3 Å². The maximum Gasteiger partial charge on any atom is 0.257 e. The molecule has 7 heteroatoms. The molecule has 4 rings (SSSR count). The van der Waals surface area contributed by atoms with Gasteiger partial charge in [-0.05, 0) is 24.6 Å². The minimum atomic E-state index is -0.140. The van der Waals surface area contributed by atoms with Crippen molar-refractivity contribution in [2.24, 2.45) is 5.92 Å². The van der Waals surface area contributed by atoms with Crippen LogP contribution in [0.25, 0.3) is 0 Å². The normalized spacial score (nSPS) is 17.9. The third kappa shape index (κ3) is 5.84. The molecule has 0 aliphatic carbocycles. The van der Waals surface area contributed by atoms with Crippen LogP contribution in [-0.4, -0.2) is 57.6 Å². The zero-order valence-electron chi connectivity index (χ0n) is 19.8. The first kappa shape index (κ1) is 23.5. The Morgan fingerprint density at radius 1 is 1.09 bits per heavy atom. The zero-order valence-corrected chi connectivity index (χ0v) is 19.8. The molecule has 0 bridgehead atoms. The van der Waals surface area contributed by atoms with Crippen molar-refractivity contribution >= 4 is 11.8 Å². The first-order valence-corrected chi connectivity index (χ1v) is 11.8. The molecule has 7 nitrogen and oxygen atoms in total. The Morgan fingerprint density at radius 2 is 1.79 bits per heavy atom. The molecule has 1 saturated heterocycles. The first-order chi connectivity index (χ1) is 16.5. The number of likely N-dealkylation sites (tertiary alicyclic amines) is 1. The molecule has 1 aromatic heterocycles. The average Bonchev–Trinajstić information content (AvgIpc) is 3.35. The van der Waals surface area contributed by atoms with Gasteiger partial charge in [-0.2, -0.15) is 5.10 Å². The monoisotopic (exact) mass is 460 g/mol. The number of amides is 2. The number of aromatic nitrogens is 2. The molecule has 0 saturated carbocycles. The predicted octanol–water partition coefficient (Wildman–Crippen LogP) is 3.86. The summed E-state index contributed by atoms with van der Waals surface area (Å²) in [6.45, 7) is 4.30. The fourth-order valence-electron chi connectivity index (χ4n) is 4.38. The summed E-state index contributed by atoms with van der Waals surface area (Å²) < 4.78 is 8.05. The van der Waals surface area contributed by atoms with E-state index < -0.39 is 0 Å². The molecule has 34 heavy (non-hydrogen) atoms. The van der Waals surface area contributed by atoms with Gasteiger partial charge in [-0.1, -0.05) is 48.5 Å². The number of rotatable bonds is 8. The Hall–Kier alpha value is -3.61. The van der Waals surface area contributed by atoms with Crippen LogP contribution in [0.1, 0.15) is 35.7 Å². The number of carbonyl (C=O) groups is 2. The van der Waals surface area contributed by atoms with Gasteiger partial charge >= 0.3 is 0 Å². The smallest absolute Gasteiger partial charge is 0.257 e. The van der Waals surface area contributed by atoms with Gasteiger partial charge < -0.3 is 14.5 Å². The Kier molecular flexibility index (Phi) is 7.62. The van der Waals surface area contributed by atoms with Gasteiger partial charge in [0.1, 0.15) is 11.9 Å². The summed E-state index contributed by atoms with van der Waals surface area (Å²) in [6, 6.07) is 19.6. The summed E-state index contributed by atoms with van der Waals surface area (Å²) in [4.78, 5) is 29.9. The SMILES string of the molecule is CCn1cc(C(=O)N2CC[C@H](Oc3ccccc3)[C@@H](CC(=O)N(C)Cc3ccccc3)C2)cn1. The van der Waals surface area contributed by atoms with E-state index in [1.54, 1.807) is 22.0 Å². The lowest BCUT2D eigenvalue weighted by molar-refractivity contribution is -0.132. The van der Waals surface area contributed by atoms with Crippen molar-refractivity contribution in [2.75, 3.05) is 20.1 Å². The van der Waals surface area contributed by atoms with Crippen molar-refractivity contribution in [1.82, 2.24) is 19.6 Å². The number of piperidine rings is 1. The van der Waals surface area contributed by atoms with Gasteiger partial charge in [0.05, 0.1) is 11.8 Å². The van der Waals surface area contributed by atoms with Gasteiger partial charge in [0.2, 0.25) is 5.91 Å². The quantitative estimate of drug-likeness (QED) is 0.512. The molecule has 2 heterocycles. The molecule has 0 radical (unpaired) electrons. The molecule has 2 aromatic carbocycles. The highest BCUT2D eigenvalue weighted by molar-refractivity contribution is 5.93. The topological polar surface area (TPSA) is 67.7 Å². The lowest BCUT2D eigenvalue weighted by Crippen LogP contribution is -2.49. The second kappa shape index (κ2) is 11.0. The average molecular weight is 461 g/mol.